The number of rotatable bonds is 9. The quantitative estimate of drug-likeness (QED) is 0.641. The molecule has 0 fully saturated rings. The zero-order valence-electron chi connectivity index (χ0n) is 12.5. The van der Waals surface area contributed by atoms with Crippen LogP contribution in [0.3, 0.4) is 0 Å². The third-order valence-electron chi connectivity index (χ3n) is 2.76. The van der Waals surface area contributed by atoms with Crippen molar-refractivity contribution in [2.45, 2.75) is 31.6 Å². The Kier molecular flexibility index (Phi) is 7.18. The maximum Gasteiger partial charge on any atom is 0.240 e. The Balaban J connectivity index is 2.51. The number of benzene rings is 1. The van der Waals surface area contributed by atoms with Crippen LogP contribution in [0.5, 0.6) is 0 Å². The zero-order chi connectivity index (χ0) is 15.7. The third-order valence-corrected chi connectivity index (χ3v) is 4.24. The topological polar surface area (TPSA) is 87.3 Å². The summed E-state index contributed by atoms with van der Waals surface area (Å²) in [5.74, 6) is -0.151. The van der Waals surface area contributed by atoms with Crippen LogP contribution in [0, 0.1) is 0 Å². The molecule has 0 atom stereocenters. The Morgan fingerprint density at radius 3 is 2.33 bits per heavy atom. The number of hydrogen-bond donors (Lipinski definition) is 3. The second-order valence-corrected chi connectivity index (χ2v) is 6.32. The van der Waals surface area contributed by atoms with Gasteiger partial charge in [-0.05, 0) is 37.6 Å². The minimum atomic E-state index is -3.57. The summed E-state index contributed by atoms with van der Waals surface area (Å²) in [5.41, 5.74) is 0.871. The molecule has 0 radical (unpaired) electrons. The van der Waals surface area contributed by atoms with E-state index in [0.29, 0.717) is 6.54 Å². The van der Waals surface area contributed by atoms with Crippen LogP contribution in [0.4, 0.5) is 5.69 Å². The zero-order valence-corrected chi connectivity index (χ0v) is 13.3. The fourth-order valence-corrected chi connectivity index (χ4v) is 2.72. The van der Waals surface area contributed by atoms with E-state index in [-0.39, 0.29) is 23.8 Å². The SMILES string of the molecule is CCCNC(=O)CCNS(=O)(=O)c1ccc(NCC)cc1. The van der Waals surface area contributed by atoms with Gasteiger partial charge in [0, 0.05) is 31.7 Å². The van der Waals surface area contributed by atoms with Crippen LogP contribution >= 0.6 is 0 Å². The minimum absolute atomic E-state index is 0.0901. The molecule has 7 heteroatoms. The van der Waals surface area contributed by atoms with Crippen molar-refractivity contribution in [1.29, 1.82) is 0 Å². The van der Waals surface area contributed by atoms with Gasteiger partial charge >= 0.3 is 0 Å². The maximum atomic E-state index is 12.0. The van der Waals surface area contributed by atoms with Crippen molar-refractivity contribution in [1.82, 2.24) is 10.0 Å². The second kappa shape index (κ2) is 8.63. The first kappa shape index (κ1) is 17.5. The lowest BCUT2D eigenvalue weighted by atomic mass is 10.3. The molecule has 6 nitrogen and oxygen atoms in total. The predicted octanol–water partition coefficient (Wildman–Crippen LogP) is 1.31. The highest BCUT2D eigenvalue weighted by atomic mass is 32.2. The summed E-state index contributed by atoms with van der Waals surface area (Å²) in [6.07, 6.45) is 0.990. The number of carbonyl (C=O) groups excluding carboxylic acids is 1. The van der Waals surface area contributed by atoms with Crippen molar-refractivity contribution in [3.63, 3.8) is 0 Å². The highest BCUT2D eigenvalue weighted by Gasteiger charge is 2.13. The lowest BCUT2D eigenvalue weighted by molar-refractivity contribution is -0.120. The molecule has 0 heterocycles. The fourth-order valence-electron chi connectivity index (χ4n) is 1.69. The lowest BCUT2D eigenvalue weighted by Crippen LogP contribution is -2.31. The standard InChI is InChI=1S/C14H23N3O3S/c1-3-10-16-14(18)9-11-17-21(19,20)13-7-5-12(6-8-13)15-4-2/h5-8,15,17H,3-4,9-11H2,1-2H3,(H,16,18). The second-order valence-electron chi connectivity index (χ2n) is 4.55. The molecule has 0 spiro atoms. The normalized spacial score (nSPS) is 11.1. The molecule has 21 heavy (non-hydrogen) atoms. The van der Waals surface area contributed by atoms with E-state index in [1.807, 2.05) is 13.8 Å². The Bertz CT molecular complexity index is 541. The van der Waals surface area contributed by atoms with Crippen LogP contribution in [-0.4, -0.2) is 34.0 Å². The predicted molar refractivity (Wildman–Crippen MR) is 83.7 cm³/mol. The Labute approximate surface area is 126 Å². The molecule has 0 saturated carbocycles. The van der Waals surface area contributed by atoms with E-state index in [4.69, 9.17) is 0 Å². The van der Waals surface area contributed by atoms with Crippen LogP contribution in [-0.2, 0) is 14.8 Å². The van der Waals surface area contributed by atoms with E-state index in [0.717, 1.165) is 18.7 Å². The van der Waals surface area contributed by atoms with E-state index in [1.165, 1.54) is 12.1 Å². The van der Waals surface area contributed by atoms with Gasteiger partial charge in [-0.3, -0.25) is 4.79 Å². The Hall–Kier alpha value is -1.60. The van der Waals surface area contributed by atoms with Gasteiger partial charge in [-0.1, -0.05) is 6.92 Å². The average molecular weight is 313 g/mol. The molecule has 0 saturated heterocycles. The molecule has 0 aromatic heterocycles. The molecule has 118 valence electrons. The van der Waals surface area contributed by atoms with E-state index in [9.17, 15) is 13.2 Å². The number of sulfonamides is 1. The third kappa shape index (κ3) is 6.14. The first-order chi connectivity index (χ1) is 9.99. The van der Waals surface area contributed by atoms with Crippen molar-refractivity contribution in [3.8, 4) is 0 Å². The van der Waals surface area contributed by atoms with Gasteiger partial charge in [-0.2, -0.15) is 0 Å². The van der Waals surface area contributed by atoms with E-state index < -0.39 is 10.0 Å². The highest BCUT2D eigenvalue weighted by Crippen LogP contribution is 2.13. The Morgan fingerprint density at radius 2 is 1.76 bits per heavy atom. The molecule has 1 amide bonds. The molecule has 0 aliphatic heterocycles. The molecule has 1 aromatic carbocycles. The molecular formula is C14H23N3O3S. The van der Waals surface area contributed by atoms with Gasteiger partial charge in [-0.25, -0.2) is 13.1 Å². The Morgan fingerprint density at radius 1 is 1.10 bits per heavy atom. The monoisotopic (exact) mass is 313 g/mol. The van der Waals surface area contributed by atoms with E-state index >= 15 is 0 Å². The molecule has 0 aliphatic rings. The lowest BCUT2D eigenvalue weighted by Gasteiger charge is -2.08. The van der Waals surface area contributed by atoms with Crippen molar-refractivity contribution in [2.75, 3.05) is 25.0 Å². The van der Waals surface area contributed by atoms with Crippen molar-refractivity contribution >= 4 is 21.6 Å². The number of anilines is 1. The van der Waals surface area contributed by atoms with Gasteiger partial charge in [0.1, 0.15) is 0 Å². The number of nitrogens with one attached hydrogen (secondary N) is 3. The molecule has 0 bridgehead atoms. The number of carbonyl (C=O) groups is 1. The number of hydrogen-bond acceptors (Lipinski definition) is 4. The van der Waals surface area contributed by atoms with Crippen LogP contribution in [0.15, 0.2) is 29.2 Å². The first-order valence-corrected chi connectivity index (χ1v) is 8.58. The smallest absolute Gasteiger partial charge is 0.240 e. The van der Waals surface area contributed by atoms with Gasteiger partial charge in [-0.15, -0.1) is 0 Å². The van der Waals surface area contributed by atoms with Gasteiger partial charge in [0.05, 0.1) is 4.90 Å². The molecule has 0 unspecified atom stereocenters. The van der Waals surface area contributed by atoms with Crippen molar-refractivity contribution < 1.29 is 13.2 Å². The average Bonchev–Trinajstić information content (AvgIpc) is 2.46. The highest BCUT2D eigenvalue weighted by molar-refractivity contribution is 7.89. The van der Waals surface area contributed by atoms with Crippen LogP contribution in [0.2, 0.25) is 0 Å². The molecule has 0 aliphatic carbocycles. The van der Waals surface area contributed by atoms with Gasteiger partial charge in [0.15, 0.2) is 0 Å². The van der Waals surface area contributed by atoms with Crippen molar-refractivity contribution in [2.24, 2.45) is 0 Å². The van der Waals surface area contributed by atoms with Gasteiger partial charge < -0.3 is 10.6 Å². The number of amides is 1. The largest absolute Gasteiger partial charge is 0.385 e. The minimum Gasteiger partial charge on any atom is -0.385 e. The summed E-state index contributed by atoms with van der Waals surface area (Å²) in [6, 6.07) is 6.51. The van der Waals surface area contributed by atoms with Crippen LogP contribution in [0.1, 0.15) is 26.7 Å². The maximum absolute atomic E-state index is 12.0. The molecule has 3 N–H and O–H groups in total. The van der Waals surface area contributed by atoms with Crippen molar-refractivity contribution in [3.05, 3.63) is 24.3 Å². The van der Waals surface area contributed by atoms with Gasteiger partial charge in [0.25, 0.3) is 0 Å². The van der Waals surface area contributed by atoms with Gasteiger partial charge in [0.2, 0.25) is 15.9 Å². The van der Waals surface area contributed by atoms with E-state index in [1.54, 1.807) is 12.1 Å². The summed E-state index contributed by atoms with van der Waals surface area (Å²) in [6.45, 7) is 5.40. The molecular weight excluding hydrogens is 290 g/mol. The molecule has 1 rings (SSSR count). The summed E-state index contributed by atoms with van der Waals surface area (Å²) in [7, 11) is -3.57. The summed E-state index contributed by atoms with van der Waals surface area (Å²) >= 11 is 0. The molecule has 1 aromatic rings. The summed E-state index contributed by atoms with van der Waals surface area (Å²) in [5, 5.41) is 5.79. The summed E-state index contributed by atoms with van der Waals surface area (Å²) < 4.78 is 26.5. The van der Waals surface area contributed by atoms with Crippen LogP contribution in [0.25, 0.3) is 0 Å². The fraction of sp³-hybridized carbons (Fsp3) is 0.500. The first-order valence-electron chi connectivity index (χ1n) is 7.10. The van der Waals surface area contributed by atoms with E-state index in [2.05, 4.69) is 15.4 Å². The summed E-state index contributed by atoms with van der Waals surface area (Å²) in [4.78, 5) is 11.6. The van der Waals surface area contributed by atoms with Crippen LogP contribution < -0.4 is 15.4 Å².